The van der Waals surface area contributed by atoms with E-state index in [1.54, 1.807) is 20.4 Å². The van der Waals surface area contributed by atoms with Gasteiger partial charge in [-0.3, -0.25) is 14.3 Å². The molecule has 1 aliphatic heterocycles. The number of pyridine rings is 1. The Morgan fingerprint density at radius 2 is 1.93 bits per heavy atom. The van der Waals surface area contributed by atoms with Gasteiger partial charge in [-0.1, -0.05) is 6.07 Å². The van der Waals surface area contributed by atoms with E-state index in [0.717, 1.165) is 36.2 Å². The SMILES string of the molecule is CCOC(C)(C)c1cncc(-c2ccc3c(c2)CCc2nncn2-3)c1.CN(C)C=O. The van der Waals surface area contributed by atoms with Crippen LogP contribution in [0.15, 0.2) is 43.0 Å². The Labute approximate surface area is 177 Å². The van der Waals surface area contributed by atoms with Gasteiger partial charge in [0.1, 0.15) is 12.2 Å². The molecule has 0 saturated carbocycles. The first-order valence-corrected chi connectivity index (χ1v) is 10.1. The van der Waals surface area contributed by atoms with E-state index in [9.17, 15) is 4.79 Å². The molecule has 1 aromatic carbocycles. The molecule has 2 aromatic heterocycles. The Balaban J connectivity index is 0.000000461. The van der Waals surface area contributed by atoms with Crippen LogP contribution in [0.1, 0.15) is 37.7 Å². The Morgan fingerprint density at radius 3 is 2.63 bits per heavy atom. The topological polar surface area (TPSA) is 73.1 Å². The molecule has 0 atom stereocenters. The van der Waals surface area contributed by atoms with Crippen molar-refractivity contribution in [2.75, 3.05) is 20.7 Å². The van der Waals surface area contributed by atoms with E-state index in [1.165, 1.54) is 21.7 Å². The molecule has 7 nitrogen and oxygen atoms in total. The predicted octanol–water partition coefficient (Wildman–Crippen LogP) is 3.40. The number of aromatic nitrogens is 4. The molecule has 7 heteroatoms. The maximum absolute atomic E-state index is 9.43. The number of hydrogen-bond acceptors (Lipinski definition) is 5. The van der Waals surface area contributed by atoms with E-state index >= 15 is 0 Å². The minimum absolute atomic E-state index is 0.344. The monoisotopic (exact) mass is 407 g/mol. The summed E-state index contributed by atoms with van der Waals surface area (Å²) in [4.78, 5) is 15.3. The molecule has 0 saturated heterocycles. The van der Waals surface area contributed by atoms with Gasteiger partial charge in [0.2, 0.25) is 6.41 Å². The summed E-state index contributed by atoms with van der Waals surface area (Å²) in [6.07, 6.45) is 8.26. The molecule has 1 amide bonds. The Kier molecular flexibility index (Phi) is 6.62. The smallest absolute Gasteiger partial charge is 0.209 e. The third kappa shape index (κ3) is 4.74. The third-order valence-electron chi connectivity index (χ3n) is 5.06. The van der Waals surface area contributed by atoms with Crippen LogP contribution in [0.4, 0.5) is 0 Å². The van der Waals surface area contributed by atoms with E-state index in [0.29, 0.717) is 6.61 Å². The summed E-state index contributed by atoms with van der Waals surface area (Å²) in [5.74, 6) is 1.03. The highest BCUT2D eigenvalue weighted by Crippen LogP contribution is 2.31. The van der Waals surface area contributed by atoms with Crippen LogP contribution in [0, 0.1) is 0 Å². The van der Waals surface area contributed by atoms with Gasteiger partial charge >= 0.3 is 0 Å². The highest BCUT2D eigenvalue weighted by molar-refractivity contribution is 5.67. The molecule has 0 bridgehead atoms. The normalized spacial score (nSPS) is 12.3. The summed E-state index contributed by atoms with van der Waals surface area (Å²) in [5, 5.41) is 8.21. The molecule has 0 spiro atoms. The van der Waals surface area contributed by atoms with Gasteiger partial charge in [0, 0.05) is 50.6 Å². The third-order valence-corrected chi connectivity index (χ3v) is 5.06. The number of carbonyl (C=O) groups excluding carboxylic acids is 1. The van der Waals surface area contributed by atoms with Gasteiger partial charge in [0.15, 0.2) is 0 Å². The van der Waals surface area contributed by atoms with Crippen LogP contribution >= 0.6 is 0 Å². The number of benzene rings is 1. The number of rotatable bonds is 5. The van der Waals surface area contributed by atoms with E-state index in [2.05, 4.69) is 57.9 Å². The molecular weight excluding hydrogens is 378 g/mol. The fourth-order valence-electron chi connectivity index (χ4n) is 3.45. The van der Waals surface area contributed by atoms with Crippen LogP contribution in [-0.4, -0.2) is 51.8 Å². The van der Waals surface area contributed by atoms with Crippen molar-refractivity contribution >= 4 is 6.41 Å². The van der Waals surface area contributed by atoms with Crippen LogP contribution in [0.3, 0.4) is 0 Å². The van der Waals surface area contributed by atoms with E-state index in [4.69, 9.17) is 4.74 Å². The van der Waals surface area contributed by atoms with Crippen molar-refractivity contribution in [2.24, 2.45) is 0 Å². The van der Waals surface area contributed by atoms with Crippen molar-refractivity contribution in [3.05, 3.63) is 59.9 Å². The molecule has 0 unspecified atom stereocenters. The van der Waals surface area contributed by atoms with Crippen molar-refractivity contribution in [1.82, 2.24) is 24.6 Å². The summed E-state index contributed by atoms with van der Waals surface area (Å²) >= 11 is 0. The molecule has 0 aliphatic carbocycles. The minimum atomic E-state index is -0.344. The summed E-state index contributed by atoms with van der Waals surface area (Å²) in [7, 11) is 3.38. The summed E-state index contributed by atoms with van der Waals surface area (Å²) in [6, 6.07) is 8.73. The largest absolute Gasteiger partial charge is 0.371 e. The summed E-state index contributed by atoms with van der Waals surface area (Å²) in [5.41, 5.74) is 5.53. The average Bonchev–Trinajstić information content (AvgIpc) is 3.23. The highest BCUT2D eigenvalue weighted by Gasteiger charge is 2.22. The molecule has 3 aromatic rings. The number of aryl methyl sites for hydroxylation is 2. The molecule has 1 aliphatic rings. The van der Waals surface area contributed by atoms with Gasteiger partial charge in [-0.15, -0.1) is 10.2 Å². The second-order valence-electron chi connectivity index (χ2n) is 7.94. The van der Waals surface area contributed by atoms with E-state index < -0.39 is 0 Å². The molecule has 30 heavy (non-hydrogen) atoms. The van der Waals surface area contributed by atoms with Gasteiger partial charge in [-0.2, -0.15) is 0 Å². The molecule has 3 heterocycles. The number of fused-ring (bicyclic) bond motifs is 3. The zero-order valence-corrected chi connectivity index (χ0v) is 18.3. The highest BCUT2D eigenvalue weighted by atomic mass is 16.5. The van der Waals surface area contributed by atoms with Crippen LogP contribution in [-0.2, 0) is 28.0 Å². The zero-order chi connectivity index (χ0) is 21.7. The number of hydrogen-bond donors (Lipinski definition) is 0. The quantitative estimate of drug-likeness (QED) is 0.606. The second-order valence-corrected chi connectivity index (χ2v) is 7.94. The molecule has 0 radical (unpaired) electrons. The molecule has 158 valence electrons. The van der Waals surface area contributed by atoms with Gasteiger partial charge in [0.25, 0.3) is 0 Å². The summed E-state index contributed by atoms with van der Waals surface area (Å²) < 4.78 is 7.95. The molecule has 4 rings (SSSR count). The first-order chi connectivity index (χ1) is 14.4. The van der Waals surface area contributed by atoms with Gasteiger partial charge in [0.05, 0.1) is 11.3 Å². The molecule has 0 fully saturated rings. The average molecular weight is 408 g/mol. The number of ether oxygens (including phenoxy) is 1. The maximum Gasteiger partial charge on any atom is 0.209 e. The standard InChI is InChI=1S/C20H22N4O.C3H7NO/c1-4-25-20(2,3)17-10-16(11-21-12-17)14-5-7-18-15(9-14)6-8-19-23-22-13-24(18)19;1-4(2)3-5/h5,7,9-13H,4,6,8H2,1-3H3;3H,1-2H3. The van der Waals surface area contributed by atoms with Gasteiger partial charge < -0.3 is 9.64 Å². The molecular formula is C23H29N5O2. The summed E-state index contributed by atoms with van der Waals surface area (Å²) in [6.45, 7) is 6.86. The van der Waals surface area contributed by atoms with Crippen LogP contribution in [0.25, 0.3) is 16.8 Å². The van der Waals surface area contributed by atoms with Crippen molar-refractivity contribution in [3.63, 3.8) is 0 Å². The lowest BCUT2D eigenvalue weighted by Crippen LogP contribution is -2.21. The van der Waals surface area contributed by atoms with Gasteiger partial charge in [-0.05, 0) is 56.5 Å². The van der Waals surface area contributed by atoms with Crippen molar-refractivity contribution in [3.8, 4) is 16.8 Å². The van der Waals surface area contributed by atoms with Crippen LogP contribution < -0.4 is 0 Å². The first kappa shape index (κ1) is 21.6. The van der Waals surface area contributed by atoms with Gasteiger partial charge in [-0.25, -0.2) is 0 Å². The Morgan fingerprint density at radius 1 is 1.17 bits per heavy atom. The van der Waals surface area contributed by atoms with Crippen LogP contribution in [0.2, 0.25) is 0 Å². The molecule has 0 N–H and O–H groups in total. The first-order valence-electron chi connectivity index (χ1n) is 10.1. The lowest BCUT2D eigenvalue weighted by Gasteiger charge is -2.25. The van der Waals surface area contributed by atoms with Crippen molar-refractivity contribution in [2.45, 2.75) is 39.2 Å². The number of carbonyl (C=O) groups is 1. The van der Waals surface area contributed by atoms with Crippen molar-refractivity contribution < 1.29 is 9.53 Å². The minimum Gasteiger partial charge on any atom is -0.371 e. The zero-order valence-electron chi connectivity index (χ0n) is 18.3. The lowest BCUT2D eigenvalue weighted by molar-refractivity contribution is -0.115. The number of amides is 1. The van der Waals surface area contributed by atoms with E-state index in [1.807, 2.05) is 19.3 Å². The fourth-order valence-corrected chi connectivity index (χ4v) is 3.45. The second kappa shape index (κ2) is 9.17. The lowest BCUT2D eigenvalue weighted by atomic mass is 9.94. The fraction of sp³-hybridized carbons (Fsp3) is 0.391. The number of nitrogens with zero attached hydrogens (tertiary/aromatic N) is 5. The Bertz CT molecular complexity index is 1010. The van der Waals surface area contributed by atoms with Crippen molar-refractivity contribution in [1.29, 1.82) is 0 Å². The van der Waals surface area contributed by atoms with E-state index in [-0.39, 0.29) is 5.60 Å². The Hall–Kier alpha value is -3.06. The maximum atomic E-state index is 9.43. The van der Waals surface area contributed by atoms with Crippen LogP contribution in [0.5, 0.6) is 0 Å². The predicted molar refractivity (Wildman–Crippen MR) is 116 cm³/mol.